The van der Waals surface area contributed by atoms with E-state index in [1.54, 1.807) is 0 Å². The van der Waals surface area contributed by atoms with Crippen LogP contribution in [0.15, 0.2) is 41.2 Å². The van der Waals surface area contributed by atoms with E-state index in [1.807, 2.05) is 42.9 Å². The highest BCUT2D eigenvalue weighted by Crippen LogP contribution is 2.42. The van der Waals surface area contributed by atoms with E-state index in [9.17, 15) is 4.79 Å². The average molecular weight is 404 g/mol. The van der Waals surface area contributed by atoms with Crippen molar-refractivity contribution in [3.63, 3.8) is 0 Å². The predicted octanol–water partition coefficient (Wildman–Crippen LogP) is 3.33. The molecule has 0 radical (unpaired) electrons. The van der Waals surface area contributed by atoms with Crippen molar-refractivity contribution < 1.29 is 18.9 Å². The van der Waals surface area contributed by atoms with Crippen LogP contribution in [0.4, 0.5) is 0 Å². The van der Waals surface area contributed by atoms with E-state index in [2.05, 4.69) is 17.0 Å². The Morgan fingerprint density at radius 3 is 2.43 bits per heavy atom. The van der Waals surface area contributed by atoms with Crippen LogP contribution in [0.25, 0.3) is 32.4 Å². The van der Waals surface area contributed by atoms with Crippen LogP contribution >= 0.6 is 0 Å². The Balaban J connectivity index is 1.78. The van der Waals surface area contributed by atoms with E-state index < -0.39 is 0 Å². The van der Waals surface area contributed by atoms with Gasteiger partial charge in [0.15, 0.2) is 23.0 Å². The Bertz CT molecular complexity index is 1410. The summed E-state index contributed by atoms with van der Waals surface area (Å²) >= 11 is 0. The number of rotatable bonds is 3. The molecular formula is C23H20N2O5. The van der Waals surface area contributed by atoms with Crippen molar-refractivity contribution in [2.45, 2.75) is 6.54 Å². The monoisotopic (exact) mass is 404 g/mol. The third kappa shape index (κ3) is 2.39. The number of hydrogen-bond acceptors (Lipinski definition) is 6. The molecule has 0 saturated heterocycles. The summed E-state index contributed by atoms with van der Waals surface area (Å²) in [6.45, 7) is 1.62. The van der Waals surface area contributed by atoms with E-state index in [1.165, 1.54) is 0 Å². The molecule has 0 unspecified atom stereocenters. The number of nitrogens with zero attached hydrogens (tertiary/aromatic N) is 2. The molecule has 3 aromatic carbocycles. The second-order valence-corrected chi connectivity index (χ2v) is 7.87. The molecule has 0 atom stereocenters. The van der Waals surface area contributed by atoms with Crippen molar-refractivity contribution in [1.82, 2.24) is 9.47 Å². The first kappa shape index (κ1) is 17.4. The molecule has 0 bridgehead atoms. The Hall–Kier alpha value is -3.45. The molecule has 0 aliphatic carbocycles. The second-order valence-electron chi connectivity index (χ2n) is 7.87. The summed E-state index contributed by atoms with van der Waals surface area (Å²) in [7, 11) is 4.00. The third-order valence-electron chi connectivity index (χ3n) is 5.81. The van der Waals surface area contributed by atoms with Crippen molar-refractivity contribution in [2.24, 2.45) is 0 Å². The minimum absolute atomic E-state index is 0.0770. The Morgan fingerprint density at radius 1 is 0.867 bits per heavy atom. The van der Waals surface area contributed by atoms with E-state index in [0.29, 0.717) is 29.2 Å². The molecule has 7 nitrogen and oxygen atoms in total. The van der Waals surface area contributed by atoms with Gasteiger partial charge in [-0.2, -0.15) is 0 Å². The van der Waals surface area contributed by atoms with Crippen LogP contribution < -0.4 is 24.5 Å². The fourth-order valence-corrected chi connectivity index (χ4v) is 4.36. The molecular weight excluding hydrogens is 384 g/mol. The van der Waals surface area contributed by atoms with Crippen molar-refractivity contribution in [1.29, 1.82) is 0 Å². The van der Waals surface area contributed by atoms with Gasteiger partial charge in [-0.05, 0) is 43.7 Å². The van der Waals surface area contributed by atoms with E-state index >= 15 is 0 Å². The lowest BCUT2D eigenvalue weighted by molar-refractivity contribution is 0.174. The maximum Gasteiger partial charge on any atom is 0.262 e. The van der Waals surface area contributed by atoms with Crippen molar-refractivity contribution in [3.8, 4) is 23.0 Å². The third-order valence-corrected chi connectivity index (χ3v) is 5.81. The second kappa shape index (κ2) is 6.27. The predicted molar refractivity (Wildman–Crippen MR) is 114 cm³/mol. The van der Waals surface area contributed by atoms with Gasteiger partial charge < -0.3 is 28.4 Å². The maximum absolute atomic E-state index is 13.7. The van der Waals surface area contributed by atoms with Crippen molar-refractivity contribution >= 4 is 32.4 Å². The number of ether oxygens (including phenoxy) is 4. The summed E-state index contributed by atoms with van der Waals surface area (Å²) in [6.07, 6.45) is 0. The van der Waals surface area contributed by atoms with Gasteiger partial charge in [0.1, 0.15) is 0 Å². The minimum atomic E-state index is -0.0770. The lowest BCUT2D eigenvalue weighted by Gasteiger charge is -2.18. The highest BCUT2D eigenvalue weighted by atomic mass is 16.7. The Kier molecular flexibility index (Phi) is 3.64. The fourth-order valence-electron chi connectivity index (χ4n) is 4.36. The normalized spacial score (nSPS) is 14.5. The number of hydrogen-bond donors (Lipinski definition) is 0. The molecule has 0 saturated carbocycles. The first-order chi connectivity index (χ1) is 14.6. The van der Waals surface area contributed by atoms with Crippen LogP contribution in [0.3, 0.4) is 0 Å². The zero-order valence-corrected chi connectivity index (χ0v) is 16.7. The first-order valence-electron chi connectivity index (χ1n) is 9.88. The molecule has 2 aliphatic rings. The molecule has 4 aromatic rings. The number of aromatic nitrogens is 1. The highest BCUT2D eigenvalue weighted by molar-refractivity contribution is 6.17. The van der Waals surface area contributed by atoms with Crippen LogP contribution in [0.1, 0.15) is 0 Å². The van der Waals surface area contributed by atoms with Crippen LogP contribution in [0.5, 0.6) is 23.0 Å². The Morgan fingerprint density at radius 2 is 1.60 bits per heavy atom. The molecule has 3 heterocycles. The molecule has 0 N–H and O–H groups in total. The van der Waals surface area contributed by atoms with Gasteiger partial charge in [0.05, 0.1) is 10.9 Å². The molecule has 6 rings (SSSR count). The molecule has 152 valence electrons. The maximum atomic E-state index is 13.7. The largest absolute Gasteiger partial charge is 0.454 e. The summed E-state index contributed by atoms with van der Waals surface area (Å²) in [5, 5.41) is 4.39. The summed E-state index contributed by atoms with van der Waals surface area (Å²) < 4.78 is 24.2. The number of fused-ring (bicyclic) bond motifs is 8. The average Bonchev–Trinajstić information content (AvgIpc) is 3.39. The van der Waals surface area contributed by atoms with Crippen LogP contribution in [-0.4, -0.2) is 43.7 Å². The standard InChI is InChI=1S/C23H20N2O5/c1-24(2)7-8-25-21-15(4-3-13-9-18-19(10-16(13)21)29-11-28-18)14-5-6-17-22(30-12-27-17)20(14)23(25)26/h3-6,9-10H,7-8,11-12H2,1-2H3. The molecule has 1 aromatic heterocycles. The smallest absolute Gasteiger partial charge is 0.262 e. The lowest BCUT2D eigenvalue weighted by Crippen LogP contribution is -2.27. The van der Waals surface area contributed by atoms with Gasteiger partial charge in [-0.25, -0.2) is 0 Å². The number of benzene rings is 3. The van der Waals surface area contributed by atoms with Gasteiger partial charge in [-0.15, -0.1) is 0 Å². The van der Waals surface area contributed by atoms with Gasteiger partial charge in [0.2, 0.25) is 13.6 Å². The summed E-state index contributed by atoms with van der Waals surface area (Å²) in [4.78, 5) is 15.8. The van der Waals surface area contributed by atoms with Gasteiger partial charge >= 0.3 is 0 Å². The SMILES string of the molecule is CN(C)CCn1c(=O)c2c3c(ccc2c2ccc4cc5c(cc4c21)OCO5)OCO3. The molecule has 2 aliphatic heterocycles. The zero-order chi connectivity index (χ0) is 20.4. The van der Waals surface area contributed by atoms with E-state index in [0.717, 1.165) is 39.4 Å². The first-order valence-corrected chi connectivity index (χ1v) is 9.88. The number of pyridine rings is 1. The highest BCUT2D eigenvalue weighted by Gasteiger charge is 2.24. The quantitative estimate of drug-likeness (QED) is 0.488. The summed E-state index contributed by atoms with van der Waals surface area (Å²) in [5.41, 5.74) is 0.816. The fraction of sp³-hybridized carbons (Fsp3) is 0.261. The van der Waals surface area contributed by atoms with E-state index in [-0.39, 0.29) is 19.1 Å². The molecule has 0 fully saturated rings. The van der Waals surface area contributed by atoms with Crippen LogP contribution in [0.2, 0.25) is 0 Å². The summed E-state index contributed by atoms with van der Waals surface area (Å²) in [6, 6.07) is 11.9. The van der Waals surface area contributed by atoms with Crippen LogP contribution in [0, 0.1) is 0 Å². The van der Waals surface area contributed by atoms with Gasteiger partial charge in [-0.1, -0.05) is 12.1 Å². The molecule has 0 amide bonds. The Labute approximate surface area is 171 Å². The summed E-state index contributed by atoms with van der Waals surface area (Å²) in [5.74, 6) is 2.58. The lowest BCUT2D eigenvalue weighted by atomic mass is 9.99. The zero-order valence-electron chi connectivity index (χ0n) is 16.7. The van der Waals surface area contributed by atoms with Gasteiger partial charge in [-0.3, -0.25) is 4.79 Å². The minimum Gasteiger partial charge on any atom is -0.454 e. The van der Waals surface area contributed by atoms with Crippen molar-refractivity contribution in [3.05, 3.63) is 46.8 Å². The van der Waals surface area contributed by atoms with Crippen LogP contribution in [-0.2, 0) is 6.54 Å². The molecule has 30 heavy (non-hydrogen) atoms. The van der Waals surface area contributed by atoms with Crippen molar-refractivity contribution in [2.75, 3.05) is 34.2 Å². The number of likely N-dealkylation sites (N-methyl/N-ethyl adjacent to an activating group) is 1. The molecule has 0 spiro atoms. The molecule has 7 heteroatoms. The van der Waals surface area contributed by atoms with Gasteiger partial charge in [0, 0.05) is 29.2 Å². The topological polar surface area (TPSA) is 62.2 Å². The van der Waals surface area contributed by atoms with Gasteiger partial charge in [0.25, 0.3) is 5.56 Å². The van der Waals surface area contributed by atoms with E-state index in [4.69, 9.17) is 18.9 Å².